The Hall–Kier alpha value is -1.39. The molecule has 1 heterocycles. The first-order valence-electron chi connectivity index (χ1n) is 6.19. The molecular weight excluding hydrogens is 304 g/mol. The topological polar surface area (TPSA) is 48.1 Å². The second-order valence-corrected chi connectivity index (χ2v) is 5.57. The molecule has 0 bridgehead atoms. The van der Waals surface area contributed by atoms with E-state index in [1.54, 1.807) is 12.4 Å². The van der Waals surface area contributed by atoms with Crippen LogP contribution < -0.4 is 10.5 Å². The van der Waals surface area contributed by atoms with Crippen LogP contribution in [0.25, 0.3) is 0 Å². The Kier molecular flexibility index (Phi) is 4.56. The van der Waals surface area contributed by atoms with Gasteiger partial charge >= 0.3 is 0 Å². The average molecular weight is 321 g/mol. The summed E-state index contributed by atoms with van der Waals surface area (Å²) in [6.07, 6.45) is 3.61. The number of nitrogens with two attached hydrogens (primary N) is 1. The van der Waals surface area contributed by atoms with Gasteiger partial charge in [0.25, 0.3) is 0 Å². The summed E-state index contributed by atoms with van der Waals surface area (Å²) >= 11 is 3.45. The SMILES string of the molecule is CC(C)Oc1cncc(C(N)c2cccc(Br)c2)c1. The normalized spacial score (nSPS) is 12.5. The van der Waals surface area contributed by atoms with Crippen molar-refractivity contribution in [3.05, 3.63) is 58.3 Å². The third kappa shape index (κ3) is 3.78. The highest BCUT2D eigenvalue weighted by atomic mass is 79.9. The summed E-state index contributed by atoms with van der Waals surface area (Å²) in [4.78, 5) is 4.19. The molecule has 2 aromatic rings. The number of benzene rings is 1. The van der Waals surface area contributed by atoms with Crippen LogP contribution in [0.15, 0.2) is 47.2 Å². The molecule has 0 aliphatic heterocycles. The van der Waals surface area contributed by atoms with Crippen LogP contribution in [0.1, 0.15) is 31.0 Å². The molecule has 0 aliphatic rings. The Labute approximate surface area is 121 Å². The number of nitrogens with zero attached hydrogens (tertiary/aromatic N) is 1. The van der Waals surface area contributed by atoms with E-state index in [4.69, 9.17) is 10.5 Å². The van der Waals surface area contributed by atoms with E-state index in [2.05, 4.69) is 20.9 Å². The minimum absolute atomic E-state index is 0.124. The summed E-state index contributed by atoms with van der Waals surface area (Å²) in [7, 11) is 0. The molecule has 0 amide bonds. The highest BCUT2D eigenvalue weighted by Gasteiger charge is 2.11. The largest absolute Gasteiger partial charge is 0.489 e. The van der Waals surface area contributed by atoms with Gasteiger partial charge in [-0.3, -0.25) is 4.98 Å². The lowest BCUT2D eigenvalue weighted by Crippen LogP contribution is -2.13. The van der Waals surface area contributed by atoms with Crippen molar-refractivity contribution in [1.82, 2.24) is 4.98 Å². The number of hydrogen-bond acceptors (Lipinski definition) is 3. The zero-order valence-electron chi connectivity index (χ0n) is 11.0. The average Bonchev–Trinajstić information content (AvgIpc) is 2.37. The molecule has 0 saturated heterocycles. The molecule has 100 valence electrons. The minimum Gasteiger partial charge on any atom is -0.489 e. The molecule has 0 radical (unpaired) electrons. The van der Waals surface area contributed by atoms with Gasteiger partial charge < -0.3 is 10.5 Å². The van der Waals surface area contributed by atoms with E-state index in [9.17, 15) is 0 Å². The van der Waals surface area contributed by atoms with Gasteiger partial charge in [0.15, 0.2) is 0 Å². The lowest BCUT2D eigenvalue weighted by Gasteiger charge is -2.15. The van der Waals surface area contributed by atoms with Gasteiger partial charge in [-0.15, -0.1) is 0 Å². The molecular formula is C15H17BrN2O. The van der Waals surface area contributed by atoms with E-state index in [1.807, 2.05) is 44.2 Å². The molecule has 19 heavy (non-hydrogen) atoms. The van der Waals surface area contributed by atoms with E-state index in [-0.39, 0.29) is 12.1 Å². The van der Waals surface area contributed by atoms with Gasteiger partial charge in [0, 0.05) is 10.7 Å². The molecule has 1 aromatic heterocycles. The lowest BCUT2D eigenvalue weighted by molar-refractivity contribution is 0.241. The van der Waals surface area contributed by atoms with E-state index in [0.29, 0.717) is 0 Å². The highest BCUT2D eigenvalue weighted by molar-refractivity contribution is 9.10. The van der Waals surface area contributed by atoms with Crippen LogP contribution in [0.2, 0.25) is 0 Å². The molecule has 3 nitrogen and oxygen atoms in total. The van der Waals surface area contributed by atoms with Gasteiger partial charge in [-0.25, -0.2) is 0 Å². The van der Waals surface area contributed by atoms with Gasteiger partial charge in [0.2, 0.25) is 0 Å². The van der Waals surface area contributed by atoms with Crippen molar-refractivity contribution in [3.8, 4) is 5.75 Å². The second-order valence-electron chi connectivity index (χ2n) is 4.65. The van der Waals surface area contributed by atoms with Gasteiger partial charge in [0.05, 0.1) is 18.3 Å². The van der Waals surface area contributed by atoms with Crippen LogP contribution in [0, 0.1) is 0 Å². The molecule has 4 heteroatoms. The van der Waals surface area contributed by atoms with E-state index < -0.39 is 0 Å². The Morgan fingerprint density at radius 3 is 2.63 bits per heavy atom. The monoisotopic (exact) mass is 320 g/mol. The fourth-order valence-electron chi connectivity index (χ4n) is 1.83. The van der Waals surface area contributed by atoms with Crippen LogP contribution in [-0.4, -0.2) is 11.1 Å². The quantitative estimate of drug-likeness (QED) is 0.934. The van der Waals surface area contributed by atoms with Crippen LogP contribution in [0.5, 0.6) is 5.75 Å². The third-order valence-corrected chi connectivity index (χ3v) is 3.17. The van der Waals surface area contributed by atoms with Gasteiger partial charge in [0.1, 0.15) is 5.75 Å². The molecule has 0 aliphatic carbocycles. The Morgan fingerprint density at radius 2 is 1.95 bits per heavy atom. The number of pyridine rings is 1. The van der Waals surface area contributed by atoms with E-state index in [0.717, 1.165) is 21.3 Å². The fourth-order valence-corrected chi connectivity index (χ4v) is 2.25. The summed E-state index contributed by atoms with van der Waals surface area (Å²) in [5, 5.41) is 0. The molecule has 1 unspecified atom stereocenters. The minimum atomic E-state index is -0.208. The molecule has 1 atom stereocenters. The van der Waals surface area contributed by atoms with E-state index >= 15 is 0 Å². The smallest absolute Gasteiger partial charge is 0.138 e. The van der Waals surface area contributed by atoms with Crippen LogP contribution in [0.3, 0.4) is 0 Å². The first kappa shape index (κ1) is 14.0. The molecule has 0 saturated carbocycles. The van der Waals surface area contributed by atoms with Crippen molar-refractivity contribution in [3.63, 3.8) is 0 Å². The Bertz CT molecular complexity index is 557. The van der Waals surface area contributed by atoms with Crippen molar-refractivity contribution in [1.29, 1.82) is 0 Å². The summed E-state index contributed by atoms with van der Waals surface area (Å²) in [6, 6.07) is 9.71. The summed E-state index contributed by atoms with van der Waals surface area (Å²) < 4.78 is 6.65. The maximum absolute atomic E-state index is 6.27. The molecule has 1 aromatic carbocycles. The maximum atomic E-state index is 6.27. The number of ether oxygens (including phenoxy) is 1. The fraction of sp³-hybridized carbons (Fsp3) is 0.267. The lowest BCUT2D eigenvalue weighted by atomic mass is 10.0. The van der Waals surface area contributed by atoms with Crippen LogP contribution in [0.4, 0.5) is 0 Å². The Morgan fingerprint density at radius 1 is 1.16 bits per heavy atom. The summed E-state index contributed by atoms with van der Waals surface area (Å²) in [5.74, 6) is 0.748. The zero-order valence-corrected chi connectivity index (χ0v) is 12.6. The van der Waals surface area contributed by atoms with Gasteiger partial charge in [-0.05, 0) is 43.2 Å². The van der Waals surface area contributed by atoms with Crippen molar-refractivity contribution in [2.75, 3.05) is 0 Å². The predicted molar refractivity (Wildman–Crippen MR) is 80.2 cm³/mol. The van der Waals surface area contributed by atoms with Crippen molar-refractivity contribution >= 4 is 15.9 Å². The number of rotatable bonds is 4. The van der Waals surface area contributed by atoms with Gasteiger partial charge in [-0.1, -0.05) is 28.1 Å². The molecule has 2 N–H and O–H groups in total. The van der Waals surface area contributed by atoms with Gasteiger partial charge in [-0.2, -0.15) is 0 Å². The third-order valence-electron chi connectivity index (χ3n) is 2.67. The van der Waals surface area contributed by atoms with Crippen LogP contribution in [-0.2, 0) is 0 Å². The summed E-state index contributed by atoms with van der Waals surface area (Å²) in [5.41, 5.74) is 8.25. The summed E-state index contributed by atoms with van der Waals surface area (Å²) in [6.45, 7) is 3.97. The second kappa shape index (κ2) is 6.17. The molecule has 0 spiro atoms. The van der Waals surface area contributed by atoms with Crippen molar-refractivity contribution in [2.24, 2.45) is 5.73 Å². The first-order chi connectivity index (χ1) is 9.06. The first-order valence-corrected chi connectivity index (χ1v) is 6.98. The Balaban J connectivity index is 2.26. The standard InChI is InChI=1S/C15H17BrN2O/c1-10(2)19-14-7-12(8-18-9-14)15(17)11-4-3-5-13(16)6-11/h3-10,15H,17H2,1-2H3. The van der Waals surface area contributed by atoms with Crippen molar-refractivity contribution < 1.29 is 4.74 Å². The predicted octanol–water partition coefficient (Wildman–Crippen LogP) is 3.68. The van der Waals surface area contributed by atoms with Crippen molar-refractivity contribution in [2.45, 2.75) is 26.0 Å². The van der Waals surface area contributed by atoms with Crippen LogP contribution >= 0.6 is 15.9 Å². The molecule has 0 fully saturated rings. The highest BCUT2D eigenvalue weighted by Crippen LogP contribution is 2.24. The zero-order chi connectivity index (χ0) is 13.8. The van der Waals surface area contributed by atoms with E-state index in [1.165, 1.54) is 0 Å². The maximum Gasteiger partial charge on any atom is 0.138 e. The number of halogens is 1. The number of hydrogen-bond donors (Lipinski definition) is 1. The number of aromatic nitrogens is 1. The molecule has 2 rings (SSSR count).